The zero-order valence-electron chi connectivity index (χ0n) is 24.6. The van der Waals surface area contributed by atoms with Crippen LogP contribution in [0.25, 0.3) is 0 Å². The molecule has 2 aromatic rings. The number of ether oxygens (including phenoxy) is 1. The molecule has 2 fully saturated rings. The average molecular weight is 648 g/mol. The molecule has 4 aliphatic rings. The van der Waals surface area contributed by atoms with E-state index in [2.05, 4.69) is 0 Å². The van der Waals surface area contributed by atoms with Gasteiger partial charge in [0.05, 0.1) is 41.2 Å². The fraction of sp³-hybridized carbons (Fsp3) is 0.394. The molecular formula is C33H27F6NO6. The predicted molar refractivity (Wildman–Crippen MR) is 149 cm³/mol. The fourth-order valence-corrected chi connectivity index (χ4v) is 8.03. The van der Waals surface area contributed by atoms with Gasteiger partial charge in [-0.1, -0.05) is 24.6 Å². The number of hydrogen-bond acceptors (Lipinski definition) is 6. The van der Waals surface area contributed by atoms with E-state index in [0.717, 1.165) is 0 Å². The first-order valence-corrected chi connectivity index (χ1v) is 14.4. The van der Waals surface area contributed by atoms with Crippen molar-refractivity contribution in [2.75, 3.05) is 12.0 Å². The Bertz CT molecular complexity index is 1740. The third kappa shape index (κ3) is 4.49. The van der Waals surface area contributed by atoms with E-state index in [1.54, 1.807) is 19.1 Å². The second-order valence-electron chi connectivity index (χ2n) is 12.4. The van der Waals surface area contributed by atoms with Crippen LogP contribution in [0.5, 0.6) is 11.5 Å². The lowest BCUT2D eigenvalue weighted by Gasteiger charge is -2.53. The number of halogens is 6. The number of rotatable bonds is 3. The summed E-state index contributed by atoms with van der Waals surface area (Å²) in [6.07, 6.45) is -7.78. The van der Waals surface area contributed by atoms with Crippen LogP contribution in [0.2, 0.25) is 0 Å². The summed E-state index contributed by atoms with van der Waals surface area (Å²) < 4.78 is 87.5. The summed E-state index contributed by atoms with van der Waals surface area (Å²) in [6.45, 7) is 3.10. The van der Waals surface area contributed by atoms with E-state index in [-0.39, 0.29) is 47.3 Å². The van der Waals surface area contributed by atoms with Crippen molar-refractivity contribution in [3.05, 3.63) is 76.4 Å². The summed E-state index contributed by atoms with van der Waals surface area (Å²) in [6, 6.07) is 5.03. The number of hydrogen-bond donors (Lipinski definition) is 1. The minimum atomic E-state index is -5.21. The lowest BCUT2D eigenvalue weighted by Crippen LogP contribution is -2.54. The van der Waals surface area contributed by atoms with Gasteiger partial charge in [-0.15, -0.1) is 0 Å². The van der Waals surface area contributed by atoms with Crippen molar-refractivity contribution < 1.29 is 55.4 Å². The maximum atomic E-state index is 14.1. The van der Waals surface area contributed by atoms with Crippen molar-refractivity contribution in [1.82, 2.24) is 0 Å². The molecular weight excluding hydrogens is 620 g/mol. The van der Waals surface area contributed by atoms with E-state index in [9.17, 15) is 50.6 Å². The van der Waals surface area contributed by atoms with E-state index in [1.807, 2.05) is 0 Å². The Kier molecular flexibility index (Phi) is 7.06. The molecule has 242 valence electrons. The number of carbonyl (C=O) groups is 4. The fourth-order valence-electron chi connectivity index (χ4n) is 8.03. The highest BCUT2D eigenvalue weighted by Gasteiger charge is 2.64. The first-order chi connectivity index (χ1) is 21.4. The smallest absolute Gasteiger partial charge is 0.416 e. The number of phenolic OH excluding ortho intramolecular Hbond substituents is 1. The summed E-state index contributed by atoms with van der Waals surface area (Å²) >= 11 is 0. The number of Topliss-reactive ketones (excluding diaryl/α,β-unsaturated/α-hetero) is 1. The van der Waals surface area contributed by atoms with E-state index in [1.165, 1.54) is 32.2 Å². The maximum absolute atomic E-state index is 14.1. The van der Waals surface area contributed by atoms with Crippen molar-refractivity contribution in [2.24, 2.45) is 29.1 Å². The zero-order chi connectivity index (χ0) is 33.7. The summed E-state index contributed by atoms with van der Waals surface area (Å²) in [7, 11) is 1.35. The normalized spacial score (nSPS) is 29.6. The van der Waals surface area contributed by atoms with E-state index in [0.29, 0.717) is 22.6 Å². The molecule has 0 bridgehead atoms. The number of amides is 2. The van der Waals surface area contributed by atoms with Crippen LogP contribution in [-0.4, -0.2) is 35.6 Å². The van der Waals surface area contributed by atoms with Crippen LogP contribution in [-0.2, 0) is 31.5 Å². The molecule has 1 N–H and O–H groups in total. The highest BCUT2D eigenvalue weighted by atomic mass is 19.4. The number of phenols is 1. The van der Waals surface area contributed by atoms with E-state index in [4.69, 9.17) is 4.74 Å². The lowest BCUT2D eigenvalue weighted by molar-refractivity contribution is -0.143. The minimum absolute atomic E-state index is 0.0886. The van der Waals surface area contributed by atoms with Crippen molar-refractivity contribution in [3.63, 3.8) is 0 Å². The van der Waals surface area contributed by atoms with Gasteiger partial charge in [-0.3, -0.25) is 19.2 Å². The SMILES string of the molecule is COc1cccc(O)c1[C@H]1C2=CC[C@@H]3C(=O)N(c4cc(C(F)(F)F)cc(C(F)(F)F)c4)C(=O)[C@@H]3[C@@H]2C[C@H]2C(=O)C=C(C)C(=O)[C@@]12C. The Labute approximate surface area is 258 Å². The summed E-state index contributed by atoms with van der Waals surface area (Å²) in [5.74, 6) is -8.17. The molecule has 0 spiro atoms. The molecule has 13 heteroatoms. The first kappa shape index (κ1) is 31.6. The molecule has 7 nitrogen and oxygen atoms in total. The summed E-state index contributed by atoms with van der Waals surface area (Å²) in [5.41, 5.74) is -4.84. The molecule has 1 saturated heterocycles. The third-order valence-electron chi connectivity index (χ3n) is 10.0. The van der Waals surface area contributed by atoms with Crippen molar-refractivity contribution in [1.29, 1.82) is 0 Å². The molecule has 1 aliphatic heterocycles. The second kappa shape index (κ2) is 10.3. The topological polar surface area (TPSA) is 101 Å². The Morgan fingerprint density at radius 3 is 2.15 bits per heavy atom. The molecule has 2 aromatic carbocycles. The van der Waals surface area contributed by atoms with Gasteiger partial charge in [0.1, 0.15) is 11.5 Å². The van der Waals surface area contributed by atoms with Gasteiger partial charge in [0.25, 0.3) is 0 Å². The number of imide groups is 1. The number of anilines is 1. The maximum Gasteiger partial charge on any atom is 0.416 e. The lowest BCUT2D eigenvalue weighted by atomic mass is 9.47. The molecule has 1 heterocycles. The van der Waals surface area contributed by atoms with Crippen molar-refractivity contribution >= 4 is 29.1 Å². The highest BCUT2D eigenvalue weighted by molar-refractivity contribution is 6.22. The number of nitrogens with zero attached hydrogens (tertiary/aromatic N) is 1. The Hall–Kier alpha value is -4.42. The third-order valence-corrected chi connectivity index (χ3v) is 10.0. The number of alkyl halides is 6. The largest absolute Gasteiger partial charge is 0.508 e. The van der Waals surface area contributed by atoms with Crippen LogP contribution in [0.1, 0.15) is 49.3 Å². The van der Waals surface area contributed by atoms with Crippen molar-refractivity contribution in [3.8, 4) is 11.5 Å². The number of benzene rings is 2. The highest BCUT2D eigenvalue weighted by Crippen LogP contribution is 2.64. The molecule has 0 aromatic heterocycles. The van der Waals surface area contributed by atoms with Crippen LogP contribution < -0.4 is 9.64 Å². The van der Waals surface area contributed by atoms with Gasteiger partial charge in [-0.05, 0) is 67.7 Å². The van der Waals surface area contributed by atoms with Gasteiger partial charge in [0, 0.05) is 17.4 Å². The molecule has 2 amide bonds. The van der Waals surface area contributed by atoms with E-state index < -0.39 is 81.8 Å². The van der Waals surface area contributed by atoms with Gasteiger partial charge in [0.15, 0.2) is 11.6 Å². The van der Waals surface area contributed by atoms with Crippen LogP contribution in [0.3, 0.4) is 0 Å². The quantitative estimate of drug-likeness (QED) is 0.235. The van der Waals surface area contributed by atoms with Gasteiger partial charge in [-0.2, -0.15) is 26.3 Å². The number of carbonyl (C=O) groups excluding carboxylic acids is 4. The molecule has 1 saturated carbocycles. The molecule has 0 radical (unpaired) electrons. The Balaban J connectivity index is 1.51. The first-order valence-electron chi connectivity index (χ1n) is 14.4. The number of methoxy groups -OCH3 is 1. The van der Waals surface area contributed by atoms with Crippen LogP contribution >= 0.6 is 0 Å². The Morgan fingerprint density at radius 1 is 0.935 bits per heavy atom. The molecule has 3 aliphatic carbocycles. The van der Waals surface area contributed by atoms with Gasteiger partial charge in [0.2, 0.25) is 11.8 Å². The van der Waals surface area contributed by atoms with Crippen molar-refractivity contribution in [2.45, 2.75) is 45.0 Å². The monoisotopic (exact) mass is 647 g/mol. The number of ketones is 2. The molecule has 6 atom stereocenters. The number of fused-ring (bicyclic) bond motifs is 4. The average Bonchev–Trinajstić information content (AvgIpc) is 3.24. The molecule has 46 heavy (non-hydrogen) atoms. The minimum Gasteiger partial charge on any atom is -0.508 e. The summed E-state index contributed by atoms with van der Waals surface area (Å²) in [4.78, 5) is 55.6. The van der Waals surface area contributed by atoms with Crippen LogP contribution in [0, 0.1) is 29.1 Å². The second-order valence-corrected chi connectivity index (χ2v) is 12.4. The number of aromatic hydroxyl groups is 1. The van der Waals surface area contributed by atoms with Gasteiger partial charge in [-0.25, -0.2) is 4.90 Å². The standard InChI is InChI=1S/C33H27F6NO6/c1-14-9-23(42)21-13-20-18(27(31(21,2)28(14)43)26-22(41)5-4-6-24(26)46-3)7-8-19-25(20)30(45)40(29(19)44)17-11-15(32(34,35)36)10-16(12-17)33(37,38)39/h4-7,9-12,19-21,25,27,41H,8,13H2,1-3H3/t19-,20+,21-,25-,27+,31+/m0/s1. The number of allylic oxidation sites excluding steroid dienone is 4. The van der Waals surface area contributed by atoms with Crippen LogP contribution in [0.4, 0.5) is 32.0 Å². The van der Waals surface area contributed by atoms with Gasteiger partial charge >= 0.3 is 12.4 Å². The van der Waals surface area contributed by atoms with Gasteiger partial charge < -0.3 is 9.84 Å². The zero-order valence-corrected chi connectivity index (χ0v) is 24.6. The molecule has 0 unspecified atom stereocenters. The van der Waals surface area contributed by atoms with E-state index >= 15 is 0 Å². The Morgan fingerprint density at radius 2 is 1.57 bits per heavy atom. The summed E-state index contributed by atoms with van der Waals surface area (Å²) in [5, 5.41) is 11.1. The predicted octanol–water partition coefficient (Wildman–Crippen LogP) is 6.40. The molecule has 6 rings (SSSR count). The van der Waals surface area contributed by atoms with Crippen LogP contribution in [0.15, 0.2) is 59.7 Å².